The Balaban J connectivity index is 1.57. The van der Waals surface area contributed by atoms with Gasteiger partial charge in [-0.3, -0.25) is 4.79 Å². The quantitative estimate of drug-likeness (QED) is 0.378. The number of hydrogen-bond acceptors (Lipinski definition) is 4. The second-order valence-corrected chi connectivity index (χ2v) is 9.37. The molecule has 0 radical (unpaired) electrons. The van der Waals surface area contributed by atoms with E-state index in [1.54, 1.807) is 0 Å². The Morgan fingerprint density at radius 1 is 1.00 bits per heavy atom. The number of ether oxygens (including phenoxy) is 1. The van der Waals surface area contributed by atoms with Gasteiger partial charge in [-0.2, -0.15) is 5.10 Å². The van der Waals surface area contributed by atoms with Crippen molar-refractivity contribution in [3.63, 3.8) is 0 Å². The standard InChI is InChI=1S/C24H18Br2N2O2/c1-14-2-4-15(5-3-14)20-13-21-19-12-18(26)10-11-22(19)30-24(28(21)27-20)23(29)16-6-8-17(25)9-7-16/h2-12,21,24H,13H2,1H3. The summed E-state index contributed by atoms with van der Waals surface area (Å²) in [7, 11) is 0. The van der Waals surface area contributed by atoms with Crippen LogP contribution in [-0.4, -0.2) is 22.7 Å². The summed E-state index contributed by atoms with van der Waals surface area (Å²) in [4.78, 5) is 13.4. The molecule has 2 aliphatic rings. The highest BCUT2D eigenvalue weighted by Gasteiger charge is 2.43. The number of fused-ring (bicyclic) bond motifs is 3. The lowest BCUT2D eigenvalue weighted by atomic mass is 9.95. The number of hydrazone groups is 1. The monoisotopic (exact) mass is 524 g/mol. The molecule has 0 bridgehead atoms. The van der Waals surface area contributed by atoms with Crippen molar-refractivity contribution in [2.75, 3.05) is 0 Å². The number of aryl methyl sites for hydroxylation is 1. The maximum Gasteiger partial charge on any atom is 0.251 e. The van der Waals surface area contributed by atoms with Crippen molar-refractivity contribution in [1.29, 1.82) is 0 Å². The Morgan fingerprint density at radius 2 is 1.70 bits per heavy atom. The van der Waals surface area contributed by atoms with Crippen molar-refractivity contribution in [3.8, 4) is 5.75 Å². The van der Waals surface area contributed by atoms with Gasteiger partial charge in [0, 0.05) is 26.5 Å². The van der Waals surface area contributed by atoms with Gasteiger partial charge in [0.2, 0.25) is 5.78 Å². The number of carbonyl (C=O) groups is 1. The molecule has 150 valence electrons. The predicted molar refractivity (Wildman–Crippen MR) is 124 cm³/mol. The van der Waals surface area contributed by atoms with Gasteiger partial charge < -0.3 is 4.74 Å². The lowest BCUT2D eigenvalue weighted by molar-refractivity contribution is -0.00459. The zero-order valence-electron chi connectivity index (χ0n) is 16.2. The van der Waals surface area contributed by atoms with E-state index in [0.717, 1.165) is 38.0 Å². The Hall–Kier alpha value is -2.44. The Bertz CT molecular complexity index is 1160. The van der Waals surface area contributed by atoms with Crippen LogP contribution >= 0.6 is 31.9 Å². The molecule has 0 aliphatic carbocycles. The summed E-state index contributed by atoms with van der Waals surface area (Å²) in [6, 6.07) is 21.5. The van der Waals surface area contributed by atoms with Gasteiger partial charge in [0.1, 0.15) is 5.75 Å². The van der Waals surface area contributed by atoms with Crippen LogP contribution in [0.15, 0.2) is 80.8 Å². The average Bonchev–Trinajstić information content (AvgIpc) is 3.19. The molecule has 2 aliphatic heterocycles. The molecule has 30 heavy (non-hydrogen) atoms. The minimum Gasteiger partial charge on any atom is -0.461 e. The smallest absolute Gasteiger partial charge is 0.251 e. The van der Waals surface area contributed by atoms with Gasteiger partial charge >= 0.3 is 0 Å². The SMILES string of the molecule is Cc1ccc(C2=NN3C(C(=O)c4ccc(Br)cc4)Oc4ccc(Br)cc4C3C2)cc1. The van der Waals surface area contributed by atoms with Crippen LogP contribution in [0.5, 0.6) is 5.75 Å². The van der Waals surface area contributed by atoms with Gasteiger partial charge in [-0.1, -0.05) is 73.8 Å². The molecule has 0 fully saturated rings. The molecule has 2 atom stereocenters. The van der Waals surface area contributed by atoms with Crippen molar-refractivity contribution >= 4 is 43.4 Å². The number of Topliss-reactive ketones (excluding diaryl/α,β-unsaturated/α-hetero) is 1. The summed E-state index contributed by atoms with van der Waals surface area (Å²) < 4.78 is 8.09. The Morgan fingerprint density at radius 3 is 2.43 bits per heavy atom. The van der Waals surface area contributed by atoms with E-state index >= 15 is 0 Å². The highest BCUT2D eigenvalue weighted by molar-refractivity contribution is 9.10. The maximum absolute atomic E-state index is 13.4. The summed E-state index contributed by atoms with van der Waals surface area (Å²) in [6.07, 6.45) is -0.0761. The second kappa shape index (κ2) is 7.67. The third-order valence-corrected chi connectivity index (χ3v) is 6.51. The van der Waals surface area contributed by atoms with E-state index in [9.17, 15) is 4.79 Å². The fraction of sp³-hybridized carbons (Fsp3) is 0.167. The van der Waals surface area contributed by atoms with Crippen LogP contribution in [-0.2, 0) is 0 Å². The summed E-state index contributed by atoms with van der Waals surface area (Å²) in [6.45, 7) is 2.07. The number of hydrogen-bond donors (Lipinski definition) is 0. The first-order valence-electron chi connectivity index (χ1n) is 9.68. The summed E-state index contributed by atoms with van der Waals surface area (Å²) in [5, 5.41) is 6.69. The minimum atomic E-state index is -0.798. The highest BCUT2D eigenvalue weighted by Crippen LogP contribution is 2.44. The molecule has 5 rings (SSSR count). The van der Waals surface area contributed by atoms with Gasteiger partial charge in [0.15, 0.2) is 0 Å². The van der Waals surface area contributed by atoms with E-state index < -0.39 is 6.23 Å². The fourth-order valence-electron chi connectivity index (χ4n) is 3.91. The topological polar surface area (TPSA) is 41.9 Å². The number of halogens is 2. The van der Waals surface area contributed by atoms with Crippen molar-refractivity contribution in [3.05, 3.63) is 97.9 Å². The van der Waals surface area contributed by atoms with Crippen LogP contribution in [0.4, 0.5) is 0 Å². The van der Waals surface area contributed by atoms with Gasteiger partial charge in [0.25, 0.3) is 6.23 Å². The Labute approximate surface area is 191 Å². The van der Waals surface area contributed by atoms with Gasteiger partial charge in [-0.15, -0.1) is 0 Å². The van der Waals surface area contributed by atoms with E-state index in [1.807, 2.05) is 41.4 Å². The average molecular weight is 526 g/mol. The van der Waals surface area contributed by atoms with Gasteiger partial charge in [0.05, 0.1) is 11.8 Å². The van der Waals surface area contributed by atoms with E-state index in [2.05, 4.69) is 69.1 Å². The third-order valence-electron chi connectivity index (χ3n) is 5.49. The zero-order valence-corrected chi connectivity index (χ0v) is 19.4. The molecule has 0 N–H and O–H groups in total. The van der Waals surface area contributed by atoms with Crippen LogP contribution in [0.2, 0.25) is 0 Å². The third kappa shape index (κ3) is 3.48. The largest absolute Gasteiger partial charge is 0.461 e. The number of carbonyl (C=O) groups excluding carboxylic acids is 1. The van der Waals surface area contributed by atoms with Crippen LogP contribution in [0.25, 0.3) is 0 Å². The first kappa shape index (κ1) is 19.5. The van der Waals surface area contributed by atoms with Crippen LogP contribution in [0.1, 0.15) is 39.5 Å². The van der Waals surface area contributed by atoms with E-state index in [1.165, 1.54) is 5.56 Å². The lowest BCUT2D eigenvalue weighted by Gasteiger charge is -2.37. The predicted octanol–water partition coefficient (Wildman–Crippen LogP) is 6.27. The molecular weight excluding hydrogens is 508 g/mol. The van der Waals surface area contributed by atoms with E-state index in [-0.39, 0.29) is 11.8 Å². The van der Waals surface area contributed by atoms with Crippen LogP contribution in [0, 0.1) is 6.92 Å². The maximum atomic E-state index is 13.4. The van der Waals surface area contributed by atoms with Crippen LogP contribution < -0.4 is 4.74 Å². The minimum absolute atomic E-state index is 0.0491. The van der Waals surface area contributed by atoms with Gasteiger partial charge in [-0.25, -0.2) is 5.01 Å². The molecular formula is C24H18Br2N2O2. The Kier molecular flexibility index (Phi) is 4.99. The van der Waals surface area contributed by atoms with Crippen LogP contribution in [0.3, 0.4) is 0 Å². The number of benzene rings is 3. The molecule has 0 saturated carbocycles. The molecule has 3 aromatic rings. The molecule has 6 heteroatoms. The summed E-state index contributed by atoms with van der Waals surface area (Å²) in [5.41, 5.74) is 4.87. The summed E-state index contributed by atoms with van der Waals surface area (Å²) in [5.74, 6) is 0.630. The zero-order chi connectivity index (χ0) is 20.8. The van der Waals surface area contributed by atoms with Crippen molar-refractivity contribution < 1.29 is 9.53 Å². The highest BCUT2D eigenvalue weighted by atomic mass is 79.9. The first-order valence-corrected chi connectivity index (χ1v) is 11.3. The number of ketones is 1. The van der Waals surface area contributed by atoms with Crippen molar-refractivity contribution in [2.24, 2.45) is 5.10 Å². The number of rotatable bonds is 3. The summed E-state index contributed by atoms with van der Waals surface area (Å²) >= 11 is 6.98. The first-order chi connectivity index (χ1) is 14.5. The molecule has 0 saturated heterocycles. The normalized spacial score (nSPS) is 19.6. The number of nitrogens with zero attached hydrogens (tertiary/aromatic N) is 2. The molecule has 2 unspecified atom stereocenters. The lowest BCUT2D eigenvalue weighted by Crippen LogP contribution is -2.45. The fourth-order valence-corrected chi connectivity index (χ4v) is 4.55. The van der Waals surface area contributed by atoms with E-state index in [4.69, 9.17) is 9.84 Å². The molecule has 4 nitrogen and oxygen atoms in total. The molecule has 2 heterocycles. The van der Waals surface area contributed by atoms with Gasteiger partial charge in [-0.05, 0) is 42.8 Å². The van der Waals surface area contributed by atoms with E-state index in [0.29, 0.717) is 5.56 Å². The van der Waals surface area contributed by atoms with Crippen molar-refractivity contribution in [2.45, 2.75) is 25.6 Å². The molecule has 0 amide bonds. The molecule has 3 aromatic carbocycles. The molecule has 0 spiro atoms. The molecule has 0 aromatic heterocycles. The second-order valence-electron chi connectivity index (χ2n) is 7.54. The van der Waals surface area contributed by atoms with Crippen molar-refractivity contribution in [1.82, 2.24) is 5.01 Å².